The van der Waals surface area contributed by atoms with Crippen LogP contribution in [0.1, 0.15) is 5.56 Å². The van der Waals surface area contributed by atoms with Crippen molar-refractivity contribution in [3.05, 3.63) is 23.8 Å². The summed E-state index contributed by atoms with van der Waals surface area (Å²) < 4.78 is 10.4. The van der Waals surface area contributed by atoms with Gasteiger partial charge >= 0.3 is 0 Å². The fourth-order valence-electron chi connectivity index (χ4n) is 1.69. The minimum absolute atomic E-state index is 0.0988. The van der Waals surface area contributed by atoms with Crippen molar-refractivity contribution in [1.82, 2.24) is 4.90 Å². The average Bonchev–Trinajstić information content (AvgIpc) is 2.45. The van der Waals surface area contributed by atoms with Crippen molar-refractivity contribution < 1.29 is 19.4 Å². The van der Waals surface area contributed by atoms with Crippen LogP contribution in [0.15, 0.2) is 18.2 Å². The molecule has 0 fully saturated rings. The van der Waals surface area contributed by atoms with Crippen LogP contribution >= 0.6 is 0 Å². The fourth-order valence-corrected chi connectivity index (χ4v) is 1.69. The van der Waals surface area contributed by atoms with E-state index in [1.807, 2.05) is 0 Å². The van der Waals surface area contributed by atoms with Crippen molar-refractivity contribution in [3.8, 4) is 11.5 Å². The maximum absolute atomic E-state index is 11.8. The molecule has 0 saturated heterocycles. The first kappa shape index (κ1) is 15.3. The SMILES string of the molecule is COc1ccc(OC)c(CN(C)C(=O)C(O)CN)c1. The van der Waals surface area contributed by atoms with Crippen LogP contribution in [0.4, 0.5) is 0 Å². The van der Waals surface area contributed by atoms with E-state index in [0.29, 0.717) is 18.0 Å². The molecule has 0 heterocycles. The van der Waals surface area contributed by atoms with Gasteiger partial charge in [-0.15, -0.1) is 0 Å². The van der Waals surface area contributed by atoms with Gasteiger partial charge in [-0.1, -0.05) is 0 Å². The van der Waals surface area contributed by atoms with Crippen molar-refractivity contribution in [2.24, 2.45) is 5.73 Å². The number of ether oxygens (including phenoxy) is 2. The highest BCUT2D eigenvalue weighted by Crippen LogP contribution is 2.25. The summed E-state index contributed by atoms with van der Waals surface area (Å²) in [4.78, 5) is 13.2. The Bertz CT molecular complexity index is 437. The summed E-state index contributed by atoms with van der Waals surface area (Å²) in [5.74, 6) is 0.908. The molecule has 0 aliphatic rings. The number of hydrogen-bond acceptors (Lipinski definition) is 5. The fraction of sp³-hybridized carbons (Fsp3) is 0.462. The van der Waals surface area contributed by atoms with Crippen molar-refractivity contribution in [3.63, 3.8) is 0 Å². The van der Waals surface area contributed by atoms with Crippen molar-refractivity contribution in [2.75, 3.05) is 27.8 Å². The maximum atomic E-state index is 11.8. The Labute approximate surface area is 112 Å². The Balaban J connectivity index is 2.88. The summed E-state index contributed by atoms with van der Waals surface area (Å²) in [5.41, 5.74) is 6.06. The van der Waals surface area contributed by atoms with Gasteiger partial charge in [0.15, 0.2) is 0 Å². The smallest absolute Gasteiger partial charge is 0.252 e. The minimum atomic E-state index is -1.18. The Morgan fingerprint density at radius 3 is 2.63 bits per heavy atom. The Morgan fingerprint density at radius 1 is 1.42 bits per heavy atom. The summed E-state index contributed by atoms with van der Waals surface area (Å²) in [6, 6.07) is 5.34. The first-order valence-corrected chi connectivity index (χ1v) is 5.87. The van der Waals surface area contributed by atoms with Gasteiger partial charge in [0.25, 0.3) is 5.91 Å². The number of aliphatic hydroxyl groups is 1. The highest BCUT2D eigenvalue weighted by atomic mass is 16.5. The Morgan fingerprint density at radius 2 is 2.11 bits per heavy atom. The zero-order valence-corrected chi connectivity index (χ0v) is 11.4. The van der Waals surface area contributed by atoms with E-state index in [1.165, 1.54) is 4.90 Å². The lowest BCUT2D eigenvalue weighted by molar-refractivity contribution is -0.138. The number of amides is 1. The van der Waals surface area contributed by atoms with Crippen LogP contribution < -0.4 is 15.2 Å². The molecule has 1 atom stereocenters. The topological polar surface area (TPSA) is 85.0 Å². The number of nitrogens with zero attached hydrogens (tertiary/aromatic N) is 1. The van der Waals surface area contributed by atoms with Gasteiger partial charge in [-0.05, 0) is 18.2 Å². The molecule has 0 spiro atoms. The van der Waals surface area contributed by atoms with E-state index < -0.39 is 12.0 Å². The second-order valence-corrected chi connectivity index (χ2v) is 4.12. The number of nitrogens with two attached hydrogens (primary N) is 1. The summed E-state index contributed by atoms with van der Waals surface area (Å²) in [7, 11) is 4.72. The van der Waals surface area contributed by atoms with Gasteiger partial charge < -0.3 is 25.2 Å². The third-order valence-electron chi connectivity index (χ3n) is 2.78. The van der Waals surface area contributed by atoms with E-state index in [4.69, 9.17) is 15.2 Å². The molecule has 106 valence electrons. The number of rotatable bonds is 6. The Hall–Kier alpha value is -1.79. The van der Waals surface area contributed by atoms with Crippen LogP contribution in [-0.4, -0.2) is 49.8 Å². The van der Waals surface area contributed by atoms with E-state index >= 15 is 0 Å². The van der Waals surface area contributed by atoms with Gasteiger partial charge in [0.05, 0.1) is 14.2 Å². The molecular weight excluding hydrogens is 248 g/mol. The summed E-state index contributed by atoms with van der Waals surface area (Å²) in [6.45, 7) is 0.203. The van der Waals surface area contributed by atoms with Crippen LogP contribution in [0.3, 0.4) is 0 Å². The molecule has 0 bridgehead atoms. The number of likely N-dealkylation sites (N-methyl/N-ethyl adjacent to an activating group) is 1. The minimum Gasteiger partial charge on any atom is -0.497 e. The third-order valence-corrected chi connectivity index (χ3v) is 2.78. The average molecular weight is 268 g/mol. The second kappa shape index (κ2) is 6.96. The molecule has 1 rings (SSSR count). The van der Waals surface area contributed by atoms with E-state index in [9.17, 15) is 9.90 Å². The predicted octanol–water partition coefficient (Wildman–Crippen LogP) is -0.0182. The van der Waals surface area contributed by atoms with Gasteiger partial charge in [-0.2, -0.15) is 0 Å². The third kappa shape index (κ3) is 3.84. The molecule has 0 aromatic heterocycles. The molecule has 0 aliphatic carbocycles. The normalized spacial score (nSPS) is 11.8. The number of benzene rings is 1. The van der Waals surface area contributed by atoms with Crippen LogP contribution in [0.5, 0.6) is 11.5 Å². The van der Waals surface area contributed by atoms with Crippen molar-refractivity contribution in [1.29, 1.82) is 0 Å². The quantitative estimate of drug-likeness (QED) is 0.757. The molecule has 0 aliphatic heterocycles. The zero-order valence-electron chi connectivity index (χ0n) is 11.4. The first-order valence-electron chi connectivity index (χ1n) is 5.87. The summed E-state index contributed by atoms with van der Waals surface area (Å²) in [6.07, 6.45) is -1.18. The Kier molecular flexibility index (Phi) is 5.59. The molecule has 19 heavy (non-hydrogen) atoms. The lowest BCUT2D eigenvalue weighted by Crippen LogP contribution is -2.40. The molecule has 0 saturated carbocycles. The van der Waals surface area contributed by atoms with Crippen LogP contribution in [0.25, 0.3) is 0 Å². The maximum Gasteiger partial charge on any atom is 0.252 e. The number of carbonyl (C=O) groups is 1. The molecule has 1 aromatic carbocycles. The van der Waals surface area contributed by atoms with Crippen LogP contribution in [0.2, 0.25) is 0 Å². The van der Waals surface area contributed by atoms with E-state index in [1.54, 1.807) is 39.5 Å². The lowest BCUT2D eigenvalue weighted by Gasteiger charge is -2.21. The van der Waals surface area contributed by atoms with Crippen molar-refractivity contribution in [2.45, 2.75) is 12.6 Å². The number of carbonyl (C=O) groups excluding carboxylic acids is 1. The van der Waals surface area contributed by atoms with Gasteiger partial charge in [0, 0.05) is 25.7 Å². The first-order chi connectivity index (χ1) is 9.03. The molecule has 1 unspecified atom stereocenters. The number of hydrogen-bond donors (Lipinski definition) is 2. The van der Waals surface area contributed by atoms with Gasteiger partial charge in [-0.25, -0.2) is 0 Å². The summed E-state index contributed by atoms with van der Waals surface area (Å²) >= 11 is 0. The van der Waals surface area contributed by atoms with Crippen molar-refractivity contribution >= 4 is 5.91 Å². The number of aliphatic hydroxyl groups excluding tert-OH is 1. The largest absolute Gasteiger partial charge is 0.497 e. The van der Waals surface area contributed by atoms with E-state index in [-0.39, 0.29) is 6.54 Å². The van der Waals surface area contributed by atoms with E-state index in [2.05, 4.69) is 0 Å². The molecular formula is C13H20N2O4. The van der Waals surface area contributed by atoms with Crippen LogP contribution in [0, 0.1) is 0 Å². The van der Waals surface area contributed by atoms with E-state index in [0.717, 1.165) is 5.56 Å². The van der Waals surface area contributed by atoms with Gasteiger partial charge in [0.2, 0.25) is 0 Å². The molecule has 0 radical (unpaired) electrons. The van der Waals surface area contributed by atoms with Crippen LogP contribution in [-0.2, 0) is 11.3 Å². The molecule has 1 amide bonds. The lowest BCUT2D eigenvalue weighted by atomic mass is 10.1. The zero-order chi connectivity index (χ0) is 14.4. The molecule has 6 heteroatoms. The molecule has 1 aromatic rings. The molecule has 6 nitrogen and oxygen atoms in total. The highest BCUT2D eigenvalue weighted by molar-refractivity contribution is 5.80. The van der Waals surface area contributed by atoms with Gasteiger partial charge in [0.1, 0.15) is 17.6 Å². The predicted molar refractivity (Wildman–Crippen MR) is 71.1 cm³/mol. The highest BCUT2D eigenvalue weighted by Gasteiger charge is 2.19. The standard InChI is InChI=1S/C13H20N2O4/c1-15(13(17)11(16)7-14)8-9-6-10(18-2)4-5-12(9)19-3/h4-6,11,16H,7-8,14H2,1-3H3. The number of methoxy groups -OCH3 is 2. The second-order valence-electron chi connectivity index (χ2n) is 4.12. The van der Waals surface area contributed by atoms with Gasteiger partial charge in [-0.3, -0.25) is 4.79 Å². The monoisotopic (exact) mass is 268 g/mol. The summed E-state index contributed by atoms with van der Waals surface area (Å²) in [5, 5.41) is 9.43. The molecule has 3 N–H and O–H groups in total.